The lowest BCUT2D eigenvalue weighted by Gasteiger charge is -2.45. The van der Waals surface area contributed by atoms with Crippen molar-refractivity contribution in [3.8, 4) is 0 Å². The molecular formula is C30H32ClF6N7O2. The highest BCUT2D eigenvalue weighted by Crippen LogP contribution is 2.46. The molecule has 2 unspecified atom stereocenters. The molecule has 16 heteroatoms. The van der Waals surface area contributed by atoms with Crippen LogP contribution in [0.25, 0.3) is 0 Å². The second-order valence-corrected chi connectivity index (χ2v) is 12.5. The molecule has 9 nitrogen and oxygen atoms in total. The van der Waals surface area contributed by atoms with E-state index in [0.29, 0.717) is 25.7 Å². The highest BCUT2D eigenvalue weighted by Gasteiger charge is 2.42. The molecule has 0 bridgehead atoms. The van der Waals surface area contributed by atoms with Crippen molar-refractivity contribution in [2.45, 2.75) is 76.4 Å². The number of primary amides is 1. The topological polar surface area (TPSA) is 110 Å². The maximum Gasteiger partial charge on any atom is 0.416 e. The molecule has 2 aromatic carbocycles. The second kappa shape index (κ2) is 12.7. The Bertz CT molecular complexity index is 1600. The predicted octanol–water partition coefficient (Wildman–Crippen LogP) is 6.46. The van der Waals surface area contributed by atoms with Crippen molar-refractivity contribution < 1.29 is 35.9 Å². The molecule has 1 saturated carbocycles. The van der Waals surface area contributed by atoms with Crippen molar-refractivity contribution in [1.82, 2.24) is 20.2 Å². The highest BCUT2D eigenvalue weighted by molar-refractivity contribution is 6.30. The Hall–Kier alpha value is -3.88. The van der Waals surface area contributed by atoms with Crippen LogP contribution in [0.2, 0.25) is 5.02 Å². The number of aryl methyl sites for hydroxylation is 1. The van der Waals surface area contributed by atoms with Crippen LogP contribution in [0.4, 0.5) is 38.0 Å². The number of halogens is 7. The molecule has 248 valence electrons. The van der Waals surface area contributed by atoms with Crippen LogP contribution in [0.5, 0.6) is 0 Å². The Balaban J connectivity index is 1.56. The summed E-state index contributed by atoms with van der Waals surface area (Å²) >= 11 is 6.05. The van der Waals surface area contributed by atoms with Gasteiger partial charge in [0, 0.05) is 35.6 Å². The highest BCUT2D eigenvalue weighted by atomic mass is 35.5. The minimum atomic E-state index is -4.71. The van der Waals surface area contributed by atoms with E-state index in [-0.39, 0.29) is 59.0 Å². The molecule has 2 aliphatic rings. The zero-order valence-electron chi connectivity index (χ0n) is 24.9. The van der Waals surface area contributed by atoms with Gasteiger partial charge in [-0.1, -0.05) is 16.7 Å². The van der Waals surface area contributed by atoms with Gasteiger partial charge in [-0.25, -0.2) is 0 Å². The number of benzene rings is 2. The fourth-order valence-corrected chi connectivity index (χ4v) is 6.80. The summed E-state index contributed by atoms with van der Waals surface area (Å²) in [7, 11) is 1.48. The van der Waals surface area contributed by atoms with Gasteiger partial charge < -0.3 is 15.5 Å². The van der Waals surface area contributed by atoms with E-state index in [1.54, 1.807) is 6.92 Å². The Labute approximate surface area is 265 Å². The first-order valence-corrected chi connectivity index (χ1v) is 15.1. The van der Waals surface area contributed by atoms with Crippen LogP contribution in [0.3, 0.4) is 0 Å². The van der Waals surface area contributed by atoms with Crippen LogP contribution in [0.1, 0.15) is 73.7 Å². The summed E-state index contributed by atoms with van der Waals surface area (Å²) in [5, 5.41) is 11.9. The van der Waals surface area contributed by atoms with Crippen LogP contribution < -0.4 is 15.5 Å². The van der Waals surface area contributed by atoms with Crippen LogP contribution >= 0.6 is 11.6 Å². The van der Waals surface area contributed by atoms with Crippen molar-refractivity contribution in [1.29, 1.82) is 0 Å². The number of fused-ring (bicyclic) bond motifs is 1. The Morgan fingerprint density at radius 1 is 1.00 bits per heavy atom. The molecule has 0 radical (unpaired) electrons. The van der Waals surface area contributed by atoms with Gasteiger partial charge in [0.15, 0.2) is 0 Å². The third kappa shape index (κ3) is 7.24. The summed E-state index contributed by atoms with van der Waals surface area (Å²) < 4.78 is 83.0. The number of amides is 2. The normalized spacial score (nSPS) is 22.0. The van der Waals surface area contributed by atoms with Crippen LogP contribution in [-0.2, 0) is 35.5 Å². The molecule has 1 aliphatic carbocycles. The van der Waals surface area contributed by atoms with Crippen LogP contribution in [-0.4, -0.2) is 38.1 Å². The molecule has 5 rings (SSSR count). The Kier molecular flexibility index (Phi) is 9.26. The van der Waals surface area contributed by atoms with Gasteiger partial charge in [0.2, 0.25) is 11.8 Å². The number of anilines is 2. The largest absolute Gasteiger partial charge is 0.416 e. The number of nitrogens with two attached hydrogens (primary N) is 1. The maximum atomic E-state index is 14.0. The van der Waals surface area contributed by atoms with Gasteiger partial charge in [0.1, 0.15) is 0 Å². The van der Waals surface area contributed by atoms with Gasteiger partial charge in [-0.3, -0.25) is 9.59 Å². The van der Waals surface area contributed by atoms with E-state index >= 15 is 0 Å². The number of carbonyl (C=O) groups excluding carboxylic acids is 2. The Morgan fingerprint density at radius 3 is 2.26 bits per heavy atom. The minimum Gasteiger partial charge on any atom is -0.370 e. The fourth-order valence-electron chi connectivity index (χ4n) is 6.55. The summed E-state index contributed by atoms with van der Waals surface area (Å²) in [6, 6.07) is 4.78. The number of aromatic nitrogens is 4. The molecule has 1 aromatic heterocycles. The number of carbonyl (C=O) groups is 2. The predicted molar refractivity (Wildman–Crippen MR) is 156 cm³/mol. The quantitative estimate of drug-likeness (QED) is 0.289. The molecule has 2 N–H and O–H groups in total. The van der Waals surface area contributed by atoms with Crippen LogP contribution in [0, 0.1) is 11.8 Å². The maximum absolute atomic E-state index is 14.0. The summed E-state index contributed by atoms with van der Waals surface area (Å²) in [6.07, 6.45) is -6.80. The van der Waals surface area contributed by atoms with Gasteiger partial charge >= 0.3 is 12.4 Å². The first-order valence-electron chi connectivity index (χ1n) is 14.7. The molecule has 0 saturated heterocycles. The van der Waals surface area contributed by atoms with E-state index < -0.39 is 47.4 Å². The Morgan fingerprint density at radius 2 is 1.67 bits per heavy atom. The van der Waals surface area contributed by atoms with E-state index in [0.717, 1.165) is 29.1 Å². The molecule has 1 fully saturated rings. The molecule has 2 amide bonds. The summed E-state index contributed by atoms with van der Waals surface area (Å²) in [6.45, 7) is 1.52. The number of hydrogen-bond acceptors (Lipinski definition) is 6. The lowest BCUT2D eigenvalue weighted by molar-refractivity contribution is -0.138. The van der Waals surface area contributed by atoms with Gasteiger partial charge in [-0.2, -0.15) is 31.1 Å². The standard InChI is InChI=1S/C30H32ClF6N7O2/c1-16-9-25(43(28-39-41-42(2)40-28)15-18-10-21(30(35,36)37)13-22(31)11-18)23-14-20(29(32,33)34)7-8-24(23)44(16)27(46)19-5-3-17(4-6-19)12-26(38)45/h7-8,10-11,13-14,16-17,19,25H,3-6,9,12,15H2,1-2H3,(H2,38,45). The number of alkyl halides is 6. The second-order valence-electron chi connectivity index (χ2n) is 12.0. The fraction of sp³-hybridized carbons (Fsp3) is 0.500. The first kappa shape index (κ1) is 33.5. The lowest BCUT2D eigenvalue weighted by Crippen LogP contribution is -2.49. The van der Waals surface area contributed by atoms with Gasteiger partial charge in [-0.15, -0.1) is 5.10 Å². The first-order chi connectivity index (χ1) is 21.5. The number of hydrogen-bond donors (Lipinski definition) is 1. The zero-order chi connectivity index (χ0) is 33.6. The number of tetrazole rings is 1. The monoisotopic (exact) mass is 671 g/mol. The average molecular weight is 672 g/mol. The van der Waals surface area contributed by atoms with E-state index in [1.165, 1.54) is 29.0 Å². The molecule has 2 heterocycles. The molecule has 1 aliphatic heterocycles. The molecule has 3 aromatic rings. The zero-order valence-corrected chi connectivity index (χ0v) is 25.7. The van der Waals surface area contributed by atoms with Crippen molar-refractivity contribution in [2.24, 2.45) is 24.6 Å². The van der Waals surface area contributed by atoms with Gasteiger partial charge in [0.05, 0.1) is 24.2 Å². The smallest absolute Gasteiger partial charge is 0.370 e. The molecular weight excluding hydrogens is 640 g/mol. The van der Waals surface area contributed by atoms with Crippen LogP contribution in [0.15, 0.2) is 36.4 Å². The molecule has 0 spiro atoms. The van der Waals surface area contributed by atoms with E-state index in [1.807, 2.05) is 0 Å². The third-order valence-corrected chi connectivity index (χ3v) is 8.89. The SMILES string of the molecule is CC1CC(N(Cc2cc(Cl)cc(C(F)(F)F)c2)c2nnn(C)n2)c2cc(C(F)(F)F)ccc2N1C(=O)C1CCC(CC(N)=O)CC1. The van der Waals surface area contributed by atoms with E-state index in [2.05, 4.69) is 15.4 Å². The number of rotatable bonds is 7. The molecule has 2 atom stereocenters. The van der Waals surface area contributed by atoms with Crippen molar-refractivity contribution in [3.05, 3.63) is 63.7 Å². The van der Waals surface area contributed by atoms with Crippen molar-refractivity contribution in [2.75, 3.05) is 9.80 Å². The molecule has 46 heavy (non-hydrogen) atoms. The minimum absolute atomic E-state index is 0.0239. The van der Waals surface area contributed by atoms with Crippen molar-refractivity contribution in [3.63, 3.8) is 0 Å². The summed E-state index contributed by atoms with van der Waals surface area (Å²) in [4.78, 5) is 29.5. The number of nitrogens with zero attached hydrogens (tertiary/aromatic N) is 6. The summed E-state index contributed by atoms with van der Waals surface area (Å²) in [5.41, 5.74) is 3.95. The average Bonchev–Trinajstić information content (AvgIpc) is 3.39. The summed E-state index contributed by atoms with van der Waals surface area (Å²) in [5.74, 6) is -0.996. The van der Waals surface area contributed by atoms with Gasteiger partial charge in [-0.05, 0) is 97.7 Å². The van der Waals surface area contributed by atoms with E-state index in [4.69, 9.17) is 17.3 Å². The van der Waals surface area contributed by atoms with Gasteiger partial charge in [0.25, 0.3) is 5.95 Å². The van der Waals surface area contributed by atoms with E-state index in [9.17, 15) is 35.9 Å². The lowest BCUT2D eigenvalue weighted by atomic mass is 9.79. The third-order valence-electron chi connectivity index (χ3n) is 8.67. The van der Waals surface area contributed by atoms with Crippen molar-refractivity contribution >= 4 is 35.1 Å².